The summed E-state index contributed by atoms with van der Waals surface area (Å²) in [6.45, 7) is 4.50. The molecule has 0 N–H and O–H groups in total. The highest BCUT2D eigenvalue weighted by Crippen LogP contribution is 2.23. The number of nitrogens with zero attached hydrogens (tertiary/aromatic N) is 2. The molecule has 0 unspecified atom stereocenters. The smallest absolute Gasteiger partial charge is 0.223 e. The minimum absolute atomic E-state index is 0.284. The van der Waals surface area contributed by atoms with Crippen LogP contribution in [-0.4, -0.2) is 41.9 Å². The second-order valence-corrected chi connectivity index (χ2v) is 8.27. The number of halogens is 1. The first-order valence-electron chi connectivity index (χ1n) is 7.47. The maximum Gasteiger partial charge on any atom is 0.223 e. The number of hydrogen-bond donors (Lipinski definition) is 0. The van der Waals surface area contributed by atoms with E-state index in [-0.39, 0.29) is 5.91 Å². The van der Waals surface area contributed by atoms with E-state index in [1.807, 2.05) is 17.0 Å². The third-order valence-corrected chi connectivity index (χ3v) is 6.05. The highest BCUT2D eigenvalue weighted by atomic mass is 35.5. The van der Waals surface area contributed by atoms with E-state index in [4.69, 9.17) is 11.6 Å². The monoisotopic (exact) mass is 354 g/mol. The molecule has 0 aliphatic carbocycles. The summed E-state index contributed by atoms with van der Waals surface area (Å²) in [6, 6.07) is 8.18. The Labute approximate surface area is 144 Å². The van der Waals surface area contributed by atoms with Gasteiger partial charge in [-0.05, 0) is 30.0 Å². The molecule has 3 nitrogen and oxygen atoms in total. The molecule has 3 heterocycles. The van der Waals surface area contributed by atoms with Crippen LogP contribution in [0.25, 0.3) is 0 Å². The number of carbonyl (C=O) groups is 1. The number of hydrogen-bond acceptors (Lipinski definition) is 4. The molecule has 0 spiro atoms. The van der Waals surface area contributed by atoms with E-state index in [0.717, 1.165) is 43.5 Å². The van der Waals surface area contributed by atoms with Gasteiger partial charge in [-0.15, -0.1) is 22.7 Å². The normalized spacial score (nSPS) is 16.1. The molecule has 2 aromatic heterocycles. The minimum atomic E-state index is 0.284. The number of piperazine rings is 1. The molecule has 0 saturated carbocycles. The molecule has 1 aliphatic heterocycles. The highest BCUT2D eigenvalue weighted by Gasteiger charge is 2.21. The lowest BCUT2D eigenvalue weighted by atomic mass is 10.2. The quantitative estimate of drug-likeness (QED) is 0.816. The summed E-state index contributed by atoms with van der Waals surface area (Å²) >= 11 is 9.33. The Morgan fingerprint density at radius 1 is 1.14 bits per heavy atom. The Kier molecular flexibility index (Phi) is 5.52. The second kappa shape index (κ2) is 7.59. The van der Waals surface area contributed by atoms with Crippen molar-refractivity contribution in [3.8, 4) is 0 Å². The molecule has 0 atom stereocenters. The van der Waals surface area contributed by atoms with Gasteiger partial charge in [0.25, 0.3) is 0 Å². The summed E-state index contributed by atoms with van der Waals surface area (Å²) in [5, 5.41) is 2.06. The fourth-order valence-corrected chi connectivity index (χ4v) is 4.49. The second-order valence-electron chi connectivity index (χ2n) is 5.44. The molecule has 22 heavy (non-hydrogen) atoms. The molecule has 118 valence electrons. The number of amides is 1. The fraction of sp³-hybridized carbons (Fsp3) is 0.438. The molecule has 0 radical (unpaired) electrons. The van der Waals surface area contributed by atoms with Crippen molar-refractivity contribution in [3.63, 3.8) is 0 Å². The summed E-state index contributed by atoms with van der Waals surface area (Å²) in [5.74, 6) is 0.284. The molecule has 2 aromatic rings. The van der Waals surface area contributed by atoms with E-state index in [1.54, 1.807) is 22.7 Å². The number of aryl methyl sites for hydroxylation is 1. The lowest BCUT2D eigenvalue weighted by Gasteiger charge is -2.34. The predicted molar refractivity (Wildman–Crippen MR) is 93.8 cm³/mol. The maximum absolute atomic E-state index is 12.3. The molecule has 0 bridgehead atoms. The molecule has 1 aliphatic rings. The lowest BCUT2D eigenvalue weighted by Crippen LogP contribution is -2.48. The average Bonchev–Trinajstić information content (AvgIpc) is 3.17. The van der Waals surface area contributed by atoms with Gasteiger partial charge in [0, 0.05) is 48.9 Å². The third kappa shape index (κ3) is 4.32. The van der Waals surface area contributed by atoms with Crippen molar-refractivity contribution in [3.05, 3.63) is 43.7 Å². The Balaban J connectivity index is 1.42. The maximum atomic E-state index is 12.3. The van der Waals surface area contributed by atoms with Crippen LogP contribution >= 0.6 is 34.3 Å². The van der Waals surface area contributed by atoms with E-state index in [9.17, 15) is 4.79 Å². The Hall–Kier alpha value is -0.880. The Morgan fingerprint density at radius 3 is 2.59 bits per heavy atom. The molecule has 6 heteroatoms. The van der Waals surface area contributed by atoms with E-state index < -0.39 is 0 Å². The van der Waals surface area contributed by atoms with E-state index in [2.05, 4.69) is 22.4 Å². The van der Waals surface area contributed by atoms with Crippen molar-refractivity contribution < 1.29 is 4.79 Å². The van der Waals surface area contributed by atoms with Gasteiger partial charge in [0.15, 0.2) is 0 Å². The van der Waals surface area contributed by atoms with Crippen LogP contribution < -0.4 is 0 Å². The van der Waals surface area contributed by atoms with Crippen LogP contribution in [0.2, 0.25) is 4.34 Å². The minimum Gasteiger partial charge on any atom is -0.340 e. The average molecular weight is 355 g/mol. The van der Waals surface area contributed by atoms with Crippen LogP contribution in [0, 0.1) is 0 Å². The van der Waals surface area contributed by atoms with Gasteiger partial charge in [-0.25, -0.2) is 0 Å². The van der Waals surface area contributed by atoms with Crippen molar-refractivity contribution in [2.24, 2.45) is 0 Å². The highest BCUT2D eigenvalue weighted by molar-refractivity contribution is 7.16. The van der Waals surface area contributed by atoms with Crippen LogP contribution in [0.4, 0.5) is 0 Å². The summed E-state index contributed by atoms with van der Waals surface area (Å²) in [5.41, 5.74) is 0. The van der Waals surface area contributed by atoms with E-state index in [1.165, 1.54) is 9.75 Å². The molecule has 1 fully saturated rings. The fourth-order valence-electron chi connectivity index (χ4n) is 2.66. The Bertz CT molecular complexity index is 603. The van der Waals surface area contributed by atoms with Gasteiger partial charge in [0.05, 0.1) is 4.34 Å². The van der Waals surface area contributed by atoms with Crippen molar-refractivity contribution in [2.45, 2.75) is 19.4 Å². The van der Waals surface area contributed by atoms with Crippen molar-refractivity contribution in [1.82, 2.24) is 9.80 Å². The molecular formula is C16H19ClN2OS2. The first-order chi connectivity index (χ1) is 10.7. The number of carbonyl (C=O) groups excluding carboxylic acids is 1. The van der Waals surface area contributed by atoms with Crippen molar-refractivity contribution >= 4 is 40.2 Å². The molecular weight excluding hydrogens is 336 g/mol. The van der Waals surface area contributed by atoms with Gasteiger partial charge < -0.3 is 4.90 Å². The summed E-state index contributed by atoms with van der Waals surface area (Å²) in [7, 11) is 0. The van der Waals surface area contributed by atoms with Crippen LogP contribution in [0.5, 0.6) is 0 Å². The number of thiophene rings is 2. The van der Waals surface area contributed by atoms with Crippen molar-refractivity contribution in [2.75, 3.05) is 26.2 Å². The predicted octanol–water partition coefficient (Wildman–Crippen LogP) is 3.74. The van der Waals surface area contributed by atoms with Crippen LogP contribution in [-0.2, 0) is 17.8 Å². The summed E-state index contributed by atoms with van der Waals surface area (Å²) in [4.78, 5) is 19.2. The van der Waals surface area contributed by atoms with Gasteiger partial charge in [-0.2, -0.15) is 0 Å². The van der Waals surface area contributed by atoms with E-state index >= 15 is 0 Å². The van der Waals surface area contributed by atoms with Crippen molar-refractivity contribution in [1.29, 1.82) is 0 Å². The summed E-state index contributed by atoms with van der Waals surface area (Å²) in [6.07, 6.45) is 1.49. The third-order valence-electron chi connectivity index (χ3n) is 3.90. The van der Waals surface area contributed by atoms with Crippen LogP contribution in [0.1, 0.15) is 16.2 Å². The first kappa shape index (κ1) is 16.0. The van der Waals surface area contributed by atoms with Gasteiger partial charge in [-0.1, -0.05) is 17.7 Å². The zero-order valence-corrected chi connectivity index (χ0v) is 14.7. The first-order valence-corrected chi connectivity index (χ1v) is 9.55. The zero-order valence-electron chi connectivity index (χ0n) is 12.3. The van der Waals surface area contributed by atoms with Crippen LogP contribution in [0.3, 0.4) is 0 Å². The number of rotatable bonds is 5. The largest absolute Gasteiger partial charge is 0.340 e. The van der Waals surface area contributed by atoms with E-state index in [0.29, 0.717) is 6.42 Å². The topological polar surface area (TPSA) is 23.6 Å². The van der Waals surface area contributed by atoms with Gasteiger partial charge in [-0.3, -0.25) is 9.69 Å². The molecule has 1 saturated heterocycles. The standard InChI is InChI=1S/C16H19ClN2OS2/c17-15-5-3-14(22-15)12-18-7-9-19(10-8-18)16(20)6-4-13-2-1-11-21-13/h1-3,5,11H,4,6-10,12H2. The SMILES string of the molecule is O=C(CCc1cccs1)N1CCN(Cc2ccc(Cl)s2)CC1. The zero-order chi connectivity index (χ0) is 15.4. The summed E-state index contributed by atoms with van der Waals surface area (Å²) < 4.78 is 0.845. The lowest BCUT2D eigenvalue weighted by molar-refractivity contribution is -0.132. The molecule has 3 rings (SSSR count). The van der Waals surface area contributed by atoms with Crippen LogP contribution in [0.15, 0.2) is 29.6 Å². The Morgan fingerprint density at radius 2 is 1.95 bits per heavy atom. The molecule has 1 amide bonds. The van der Waals surface area contributed by atoms with Gasteiger partial charge in [0.1, 0.15) is 0 Å². The molecule has 0 aromatic carbocycles. The van der Waals surface area contributed by atoms with Gasteiger partial charge in [0.2, 0.25) is 5.91 Å². The van der Waals surface area contributed by atoms with Gasteiger partial charge >= 0.3 is 0 Å².